The van der Waals surface area contributed by atoms with Crippen molar-refractivity contribution in [1.82, 2.24) is 0 Å². The van der Waals surface area contributed by atoms with Gasteiger partial charge < -0.3 is 5.11 Å². The molecular weight excluding hydrogens is 206 g/mol. The van der Waals surface area contributed by atoms with Gasteiger partial charge in [-0.3, -0.25) is 0 Å². The summed E-state index contributed by atoms with van der Waals surface area (Å²) in [4.78, 5) is 0. The van der Waals surface area contributed by atoms with Gasteiger partial charge in [-0.25, -0.2) is 0 Å². The van der Waals surface area contributed by atoms with Crippen LogP contribution in [0.25, 0.3) is 0 Å². The highest BCUT2D eigenvalue weighted by Crippen LogP contribution is 2.42. The Morgan fingerprint density at radius 1 is 1.60 bits per heavy atom. The second-order valence-corrected chi connectivity index (χ2v) is 5.33. The van der Waals surface area contributed by atoms with Gasteiger partial charge in [-0.15, -0.1) is 0 Å². The normalized spacial score (nSPS) is 30.1. The monoisotopic (exact) mass is 219 g/mol. The van der Waals surface area contributed by atoms with Crippen molar-refractivity contribution in [2.75, 3.05) is 5.75 Å². The number of hydrogen-bond acceptors (Lipinski definition) is 3. The fourth-order valence-electron chi connectivity index (χ4n) is 1.97. The van der Waals surface area contributed by atoms with E-state index in [0.29, 0.717) is 5.56 Å². The SMILES string of the molecule is C[C@@H]1SCC[C@]1(O)c1cccc(C#N)c1. The van der Waals surface area contributed by atoms with Crippen LogP contribution in [0.4, 0.5) is 0 Å². The van der Waals surface area contributed by atoms with Gasteiger partial charge in [-0.1, -0.05) is 19.1 Å². The summed E-state index contributed by atoms with van der Waals surface area (Å²) in [5.74, 6) is 0.981. The second kappa shape index (κ2) is 3.88. The van der Waals surface area contributed by atoms with Crippen molar-refractivity contribution in [2.24, 2.45) is 0 Å². The molecule has 1 heterocycles. The molecule has 1 saturated heterocycles. The number of nitriles is 1. The summed E-state index contributed by atoms with van der Waals surface area (Å²) in [5, 5.41) is 19.5. The number of benzene rings is 1. The minimum Gasteiger partial charge on any atom is -0.384 e. The Hall–Kier alpha value is -0.980. The van der Waals surface area contributed by atoms with E-state index in [1.807, 2.05) is 19.1 Å². The first-order valence-corrected chi connectivity index (χ1v) is 6.06. The summed E-state index contributed by atoms with van der Waals surface area (Å²) >= 11 is 1.78. The molecule has 2 atom stereocenters. The Labute approximate surface area is 93.9 Å². The van der Waals surface area contributed by atoms with E-state index in [-0.39, 0.29) is 5.25 Å². The quantitative estimate of drug-likeness (QED) is 0.788. The fraction of sp³-hybridized carbons (Fsp3) is 0.417. The van der Waals surface area contributed by atoms with Gasteiger partial charge in [0.1, 0.15) is 5.60 Å². The van der Waals surface area contributed by atoms with E-state index in [4.69, 9.17) is 5.26 Å². The summed E-state index contributed by atoms with van der Waals surface area (Å²) in [6, 6.07) is 9.40. The molecule has 0 amide bonds. The second-order valence-electron chi connectivity index (χ2n) is 3.88. The first-order chi connectivity index (χ1) is 7.16. The lowest BCUT2D eigenvalue weighted by atomic mass is 9.88. The van der Waals surface area contributed by atoms with Crippen LogP contribution in [0, 0.1) is 11.3 Å². The zero-order valence-electron chi connectivity index (χ0n) is 8.60. The maximum absolute atomic E-state index is 10.5. The largest absolute Gasteiger partial charge is 0.384 e. The van der Waals surface area contributed by atoms with E-state index in [2.05, 4.69) is 6.07 Å². The average molecular weight is 219 g/mol. The molecule has 0 bridgehead atoms. The minimum atomic E-state index is -0.752. The van der Waals surface area contributed by atoms with E-state index < -0.39 is 5.60 Å². The first-order valence-electron chi connectivity index (χ1n) is 5.01. The highest BCUT2D eigenvalue weighted by Gasteiger charge is 2.40. The zero-order valence-corrected chi connectivity index (χ0v) is 9.42. The molecule has 0 spiro atoms. The van der Waals surface area contributed by atoms with Crippen molar-refractivity contribution < 1.29 is 5.11 Å². The Kier molecular flexibility index (Phi) is 2.72. The summed E-state index contributed by atoms with van der Waals surface area (Å²) in [5.41, 5.74) is 0.737. The van der Waals surface area contributed by atoms with Crippen LogP contribution in [-0.4, -0.2) is 16.1 Å². The van der Waals surface area contributed by atoms with Crippen LogP contribution in [0.2, 0.25) is 0 Å². The third-order valence-corrected chi connectivity index (χ3v) is 4.34. The van der Waals surface area contributed by atoms with Gasteiger partial charge in [0, 0.05) is 5.25 Å². The molecular formula is C12H13NOS. The van der Waals surface area contributed by atoms with Crippen molar-refractivity contribution in [3.05, 3.63) is 35.4 Å². The molecule has 2 nitrogen and oxygen atoms in total. The first kappa shape index (κ1) is 10.5. The Morgan fingerprint density at radius 2 is 2.40 bits per heavy atom. The summed E-state index contributed by atoms with van der Waals surface area (Å²) < 4.78 is 0. The molecule has 1 aromatic carbocycles. The smallest absolute Gasteiger partial charge is 0.102 e. The topological polar surface area (TPSA) is 44.0 Å². The molecule has 0 aliphatic carbocycles. The summed E-state index contributed by atoms with van der Waals surface area (Å²) in [6.45, 7) is 2.04. The third kappa shape index (κ3) is 1.75. The number of hydrogen-bond donors (Lipinski definition) is 1. The van der Waals surface area contributed by atoms with Crippen molar-refractivity contribution >= 4 is 11.8 Å². The van der Waals surface area contributed by atoms with Crippen LogP contribution in [-0.2, 0) is 5.60 Å². The molecule has 0 saturated carbocycles. The molecule has 1 aliphatic heterocycles. The van der Waals surface area contributed by atoms with Crippen molar-refractivity contribution in [3.8, 4) is 6.07 Å². The van der Waals surface area contributed by atoms with E-state index in [1.165, 1.54) is 0 Å². The van der Waals surface area contributed by atoms with Gasteiger partial charge in [0.05, 0.1) is 11.6 Å². The van der Waals surface area contributed by atoms with Crippen molar-refractivity contribution in [1.29, 1.82) is 5.26 Å². The maximum atomic E-state index is 10.5. The Morgan fingerprint density at radius 3 is 3.00 bits per heavy atom. The van der Waals surface area contributed by atoms with E-state index in [9.17, 15) is 5.11 Å². The van der Waals surface area contributed by atoms with Crippen molar-refractivity contribution in [2.45, 2.75) is 24.2 Å². The lowest BCUT2D eigenvalue weighted by Crippen LogP contribution is -2.31. The summed E-state index contributed by atoms with van der Waals surface area (Å²) in [6.07, 6.45) is 0.772. The Bertz CT molecular complexity index is 412. The molecule has 2 rings (SSSR count). The minimum absolute atomic E-state index is 0.200. The lowest BCUT2D eigenvalue weighted by molar-refractivity contribution is 0.0427. The van der Waals surface area contributed by atoms with Crippen LogP contribution in [0.1, 0.15) is 24.5 Å². The fourth-order valence-corrected chi connectivity index (χ4v) is 3.28. The van der Waals surface area contributed by atoms with Crippen LogP contribution in [0.15, 0.2) is 24.3 Å². The molecule has 0 unspecified atom stereocenters. The number of nitrogens with zero attached hydrogens (tertiary/aromatic N) is 1. The van der Waals surface area contributed by atoms with Gasteiger partial charge in [0.2, 0.25) is 0 Å². The molecule has 1 fully saturated rings. The van der Waals surface area contributed by atoms with Crippen LogP contribution >= 0.6 is 11.8 Å². The average Bonchev–Trinajstić information content (AvgIpc) is 2.61. The van der Waals surface area contributed by atoms with Crippen LogP contribution in [0.5, 0.6) is 0 Å². The maximum Gasteiger partial charge on any atom is 0.102 e. The number of rotatable bonds is 1. The van der Waals surface area contributed by atoms with Crippen molar-refractivity contribution in [3.63, 3.8) is 0 Å². The molecule has 3 heteroatoms. The van der Waals surface area contributed by atoms with E-state index in [0.717, 1.165) is 17.7 Å². The Balaban J connectivity index is 2.41. The predicted molar refractivity (Wildman–Crippen MR) is 61.6 cm³/mol. The molecule has 0 aromatic heterocycles. The highest BCUT2D eigenvalue weighted by molar-refractivity contribution is 8.00. The molecule has 1 aromatic rings. The number of thioether (sulfide) groups is 1. The predicted octanol–water partition coefficient (Wildman–Crippen LogP) is 2.27. The van der Waals surface area contributed by atoms with Gasteiger partial charge >= 0.3 is 0 Å². The standard InChI is InChI=1S/C12H13NOS/c1-9-12(14,5-6-15-9)11-4-2-3-10(7-11)8-13/h2-4,7,9,14H,5-6H2,1H3/t9-,12+/m0/s1. The molecule has 1 N–H and O–H groups in total. The molecule has 0 radical (unpaired) electrons. The van der Waals surface area contributed by atoms with E-state index in [1.54, 1.807) is 23.9 Å². The van der Waals surface area contributed by atoms with Gasteiger partial charge in [0.25, 0.3) is 0 Å². The molecule has 78 valence electrons. The number of aliphatic hydroxyl groups is 1. The van der Waals surface area contributed by atoms with Gasteiger partial charge in [0.15, 0.2) is 0 Å². The lowest BCUT2D eigenvalue weighted by Gasteiger charge is -2.27. The van der Waals surface area contributed by atoms with E-state index >= 15 is 0 Å². The summed E-state index contributed by atoms with van der Waals surface area (Å²) in [7, 11) is 0. The van der Waals surface area contributed by atoms with Crippen LogP contribution in [0.3, 0.4) is 0 Å². The van der Waals surface area contributed by atoms with Gasteiger partial charge in [-0.2, -0.15) is 17.0 Å². The third-order valence-electron chi connectivity index (χ3n) is 3.02. The highest BCUT2D eigenvalue weighted by atomic mass is 32.2. The molecule has 15 heavy (non-hydrogen) atoms. The van der Waals surface area contributed by atoms with Crippen LogP contribution < -0.4 is 0 Å². The molecule has 1 aliphatic rings. The zero-order chi connectivity index (χ0) is 10.9. The van der Waals surface area contributed by atoms with Gasteiger partial charge in [-0.05, 0) is 29.9 Å².